The van der Waals surface area contributed by atoms with Crippen molar-refractivity contribution in [1.82, 2.24) is 0 Å². The highest BCUT2D eigenvalue weighted by atomic mass is 31.0. The van der Waals surface area contributed by atoms with Crippen molar-refractivity contribution in [3.63, 3.8) is 0 Å². The highest BCUT2D eigenvalue weighted by Crippen LogP contribution is 1.81. The zero-order valence-electron chi connectivity index (χ0n) is 19.8. The Morgan fingerprint density at radius 3 is 0.407 bits per heavy atom. The molecule has 0 bridgehead atoms. The summed E-state index contributed by atoms with van der Waals surface area (Å²) in [4.78, 5) is 0. The Balaban J connectivity index is -0.00000000593. The van der Waals surface area contributed by atoms with Gasteiger partial charge in [-0.15, -0.1) is 0 Å². The summed E-state index contributed by atoms with van der Waals surface area (Å²) in [6.07, 6.45) is 2.50. The van der Waals surface area contributed by atoms with Gasteiger partial charge in [0, 0.05) is 0 Å². The Bertz CT molecular complexity index is 42.8. The second-order valence-electron chi connectivity index (χ2n) is 4.88. The molecule has 0 aromatic carbocycles. The van der Waals surface area contributed by atoms with Gasteiger partial charge in [-0.1, -0.05) is 161 Å². The molecule has 27 heavy (non-hydrogen) atoms. The fourth-order valence-corrected chi connectivity index (χ4v) is 0. The molecule has 1 atom stereocenters. The van der Waals surface area contributed by atoms with Crippen LogP contribution in [0.1, 0.15) is 161 Å². The molecule has 2 N–H and O–H groups in total. The Kier molecular flexibility index (Phi) is 952. The average molecular weight is 427 g/mol. The Labute approximate surface area is 188 Å². The zero-order chi connectivity index (χ0) is 18.6. The predicted octanol–water partition coefficient (Wildman–Crippen LogP) is 11.6. The number of rotatable bonds is 0. The third kappa shape index (κ3) is 103000. The molecule has 0 aliphatic heterocycles. The first kappa shape index (κ1) is 106. The Morgan fingerprint density at radius 2 is 0.407 bits per heavy atom. The summed E-state index contributed by atoms with van der Waals surface area (Å²) in [5.74, 6) is 1.67. The molecule has 0 saturated heterocycles. The van der Waals surface area contributed by atoms with E-state index in [2.05, 4.69) is 69.2 Å². The maximum absolute atomic E-state index is 2.17. The van der Waals surface area contributed by atoms with Gasteiger partial charge in [0.15, 0.2) is 0 Å². The molecule has 0 fully saturated rings. The number of hydrogen-bond acceptors (Lipinski definition) is 0. The first-order valence-electron chi connectivity index (χ1n) is 9.29. The van der Waals surface area contributed by atoms with Crippen LogP contribution >= 0.6 is 9.90 Å². The van der Waals surface area contributed by atoms with Crippen LogP contribution in [0.4, 0.5) is 0 Å². The van der Waals surface area contributed by atoms with E-state index in [1.165, 1.54) is 12.8 Å². The summed E-state index contributed by atoms with van der Waals surface area (Å²) in [6.45, 7) is 33.5. The van der Waals surface area contributed by atoms with Crippen LogP contribution in [0.3, 0.4) is 0 Å². The highest BCUT2D eigenvalue weighted by Gasteiger charge is 1.68. The van der Waals surface area contributed by atoms with Crippen LogP contribution in [-0.2, 0) is 0 Å². The molecular weight excluding hydrogens is 347 g/mol. The lowest BCUT2D eigenvalue weighted by Crippen LogP contribution is -1.66. The van der Waals surface area contributed by atoms with Crippen LogP contribution in [0.25, 0.3) is 0 Å². The van der Waals surface area contributed by atoms with Crippen molar-refractivity contribution < 1.29 is 5.48 Å². The van der Waals surface area contributed by atoms with E-state index in [4.69, 9.17) is 0 Å². The molecular formula is C25H79OP. The van der Waals surface area contributed by atoms with Gasteiger partial charge in [-0.2, -0.15) is 9.90 Å². The minimum atomic E-state index is 0. The van der Waals surface area contributed by atoms with Crippen LogP contribution in [0.5, 0.6) is 0 Å². The van der Waals surface area contributed by atoms with Gasteiger partial charge >= 0.3 is 0 Å². The second kappa shape index (κ2) is 242. The molecule has 0 amide bonds. The van der Waals surface area contributed by atoms with E-state index in [9.17, 15) is 0 Å². The summed E-state index contributed by atoms with van der Waals surface area (Å²) in [7, 11) is 0. The second-order valence-corrected chi connectivity index (χ2v) is 4.88. The molecule has 0 aromatic rings. The van der Waals surface area contributed by atoms with E-state index in [1.54, 1.807) is 0 Å². The molecule has 0 rings (SSSR count). The lowest BCUT2D eigenvalue weighted by atomic mass is 10.3. The van der Waals surface area contributed by atoms with Crippen LogP contribution in [0.15, 0.2) is 0 Å². The van der Waals surface area contributed by atoms with Gasteiger partial charge in [-0.3, -0.25) is 0 Å². The lowest BCUT2D eigenvalue weighted by Gasteiger charge is -1.79. The largest absolute Gasteiger partial charge is 0.412 e. The standard InChI is InChI=1S/2C4H10.2C3H8.3C2H6.5CH4.H2O.H3P/c2*1-4(2)3;2*1-3-2;3*1-2;;;;;;;/h2*4H,1-3H3;2*3H2,1-2H3;3*1-2H3;5*1H4;1H2;1H3. The van der Waals surface area contributed by atoms with Crippen molar-refractivity contribution in [2.45, 2.75) is 161 Å². The maximum atomic E-state index is 2.17. The summed E-state index contributed by atoms with van der Waals surface area (Å²) < 4.78 is 0. The van der Waals surface area contributed by atoms with E-state index in [0.29, 0.717) is 0 Å². The van der Waals surface area contributed by atoms with Crippen molar-refractivity contribution in [3.8, 4) is 0 Å². The van der Waals surface area contributed by atoms with Crippen molar-refractivity contribution in [1.29, 1.82) is 0 Å². The van der Waals surface area contributed by atoms with Crippen LogP contribution in [0.2, 0.25) is 0 Å². The monoisotopic (exact) mass is 427 g/mol. The van der Waals surface area contributed by atoms with Gasteiger partial charge in [-0.05, 0) is 11.8 Å². The van der Waals surface area contributed by atoms with Crippen molar-refractivity contribution in [2.24, 2.45) is 11.8 Å². The van der Waals surface area contributed by atoms with Gasteiger partial charge in [0.1, 0.15) is 0 Å². The normalized spacial score (nSPS) is 4.67. The van der Waals surface area contributed by atoms with Crippen molar-refractivity contribution in [2.75, 3.05) is 0 Å². The van der Waals surface area contributed by atoms with E-state index >= 15 is 0 Å². The molecule has 1 unspecified atom stereocenters. The lowest BCUT2D eigenvalue weighted by molar-refractivity contribution is 0.736. The maximum Gasteiger partial charge on any atom is -0.0500 e. The molecule has 0 saturated carbocycles. The van der Waals surface area contributed by atoms with Crippen LogP contribution in [-0.4, -0.2) is 5.48 Å². The fraction of sp³-hybridized carbons (Fsp3) is 1.00. The molecule has 0 aliphatic rings. The molecule has 0 heterocycles. The summed E-state index contributed by atoms with van der Waals surface area (Å²) in [6, 6.07) is 0. The minimum Gasteiger partial charge on any atom is -0.412 e. The summed E-state index contributed by atoms with van der Waals surface area (Å²) in [5.41, 5.74) is 0. The van der Waals surface area contributed by atoms with Crippen molar-refractivity contribution >= 4 is 9.90 Å². The van der Waals surface area contributed by atoms with E-state index < -0.39 is 0 Å². The molecule has 190 valence electrons. The molecule has 1 nitrogen and oxygen atoms in total. The Morgan fingerprint density at radius 1 is 0.407 bits per heavy atom. The molecule has 0 spiro atoms. The topological polar surface area (TPSA) is 31.5 Å². The SMILES string of the molecule is C.C.C.C.C.CC.CC.CC.CC(C)C.CC(C)C.CCC.CCC.O.P. The van der Waals surface area contributed by atoms with E-state index in [-0.39, 0.29) is 52.5 Å². The van der Waals surface area contributed by atoms with Gasteiger partial charge in [0.05, 0.1) is 0 Å². The highest BCUT2D eigenvalue weighted by molar-refractivity contribution is 6.92. The van der Waals surface area contributed by atoms with Gasteiger partial charge < -0.3 is 5.48 Å². The van der Waals surface area contributed by atoms with Crippen molar-refractivity contribution in [3.05, 3.63) is 0 Å². The summed E-state index contributed by atoms with van der Waals surface area (Å²) in [5, 5.41) is 0. The minimum absolute atomic E-state index is 0. The first-order chi connectivity index (χ1) is 9.29. The molecule has 0 aliphatic carbocycles. The molecule has 0 aromatic heterocycles. The summed E-state index contributed by atoms with van der Waals surface area (Å²) >= 11 is 0. The Hall–Kier alpha value is 0.390. The average Bonchev–Trinajstić information content (AvgIpc) is 2.36. The van der Waals surface area contributed by atoms with E-state index in [1.807, 2.05) is 41.5 Å². The van der Waals surface area contributed by atoms with Gasteiger partial charge in [0.25, 0.3) is 0 Å². The quantitative estimate of drug-likeness (QED) is 0.345. The van der Waals surface area contributed by atoms with Gasteiger partial charge in [-0.25, -0.2) is 0 Å². The van der Waals surface area contributed by atoms with E-state index in [0.717, 1.165) is 11.8 Å². The number of hydrogen-bond donors (Lipinski definition) is 0. The third-order valence-electron chi connectivity index (χ3n) is 0. The zero-order valence-corrected chi connectivity index (χ0v) is 21.2. The first-order valence-corrected chi connectivity index (χ1v) is 9.29. The molecule has 2 heteroatoms. The smallest absolute Gasteiger partial charge is 0.0500 e. The predicted molar refractivity (Wildman–Crippen MR) is 155 cm³/mol. The van der Waals surface area contributed by atoms with Crippen LogP contribution < -0.4 is 0 Å². The molecule has 0 radical (unpaired) electrons. The van der Waals surface area contributed by atoms with Crippen LogP contribution in [0, 0.1) is 11.8 Å². The third-order valence-corrected chi connectivity index (χ3v) is 0. The van der Waals surface area contributed by atoms with Gasteiger partial charge in [0.2, 0.25) is 0 Å². The fourth-order valence-electron chi connectivity index (χ4n) is 0.